The van der Waals surface area contributed by atoms with Crippen LogP contribution in [0.1, 0.15) is 30.7 Å². The molecule has 0 aliphatic carbocycles. The fourth-order valence-electron chi connectivity index (χ4n) is 4.11. The van der Waals surface area contributed by atoms with E-state index in [0.717, 1.165) is 24.3 Å². The van der Waals surface area contributed by atoms with Crippen LogP contribution in [0, 0.1) is 13.8 Å². The number of ether oxygens (including phenoxy) is 2. The Morgan fingerprint density at radius 2 is 1.87 bits per heavy atom. The van der Waals surface area contributed by atoms with Crippen LogP contribution >= 0.6 is 0 Å². The van der Waals surface area contributed by atoms with E-state index in [0.29, 0.717) is 34.8 Å². The minimum atomic E-state index is -0.0984. The highest BCUT2D eigenvalue weighted by Gasteiger charge is 2.15. The molecular weight excluding hydrogens is 378 g/mol. The van der Waals surface area contributed by atoms with Crippen LogP contribution in [0.2, 0.25) is 0 Å². The summed E-state index contributed by atoms with van der Waals surface area (Å²) in [5.74, 6) is 1.95. The second kappa shape index (κ2) is 8.88. The molecule has 2 aromatic carbocycles. The maximum Gasteiger partial charge on any atom is 0.266 e. The second-order valence-corrected chi connectivity index (χ2v) is 7.90. The first-order valence-electron chi connectivity index (χ1n) is 10.6. The van der Waals surface area contributed by atoms with E-state index in [1.807, 2.05) is 50.2 Å². The van der Waals surface area contributed by atoms with Gasteiger partial charge in [-0.15, -0.1) is 0 Å². The number of likely N-dealkylation sites (tertiary alicyclic amines) is 1. The third kappa shape index (κ3) is 4.19. The molecule has 0 saturated carbocycles. The van der Waals surface area contributed by atoms with E-state index < -0.39 is 0 Å². The first-order chi connectivity index (χ1) is 14.6. The van der Waals surface area contributed by atoms with Crippen LogP contribution in [-0.4, -0.2) is 47.8 Å². The molecule has 4 rings (SSSR count). The number of hydrogen-bond donors (Lipinski definition) is 0. The van der Waals surface area contributed by atoms with Gasteiger partial charge in [0.2, 0.25) is 0 Å². The van der Waals surface area contributed by atoms with Gasteiger partial charge in [-0.3, -0.25) is 9.36 Å². The number of aromatic nitrogens is 2. The average molecular weight is 408 g/mol. The van der Waals surface area contributed by atoms with Crippen LogP contribution in [0.4, 0.5) is 0 Å². The summed E-state index contributed by atoms with van der Waals surface area (Å²) in [6.45, 7) is 7.95. The lowest BCUT2D eigenvalue weighted by Gasteiger charge is -2.17. The minimum Gasteiger partial charge on any atom is -0.494 e. The fraction of sp³-hybridized carbons (Fsp3) is 0.417. The summed E-state index contributed by atoms with van der Waals surface area (Å²) < 4.78 is 13.1. The molecule has 0 radical (unpaired) electrons. The molecule has 0 unspecified atom stereocenters. The van der Waals surface area contributed by atoms with Crippen LogP contribution in [0.25, 0.3) is 16.6 Å². The first kappa shape index (κ1) is 20.4. The van der Waals surface area contributed by atoms with E-state index >= 15 is 0 Å². The maximum absolute atomic E-state index is 13.2. The zero-order valence-corrected chi connectivity index (χ0v) is 18.0. The van der Waals surface area contributed by atoms with Gasteiger partial charge in [0.25, 0.3) is 5.56 Å². The minimum absolute atomic E-state index is 0.0984. The van der Waals surface area contributed by atoms with Crippen LogP contribution < -0.4 is 15.0 Å². The molecule has 30 heavy (non-hydrogen) atoms. The molecule has 0 atom stereocenters. The molecule has 1 aromatic heterocycles. The highest BCUT2D eigenvalue weighted by Crippen LogP contribution is 2.28. The molecule has 0 bridgehead atoms. The molecule has 3 aromatic rings. The Hall–Kier alpha value is -2.86. The summed E-state index contributed by atoms with van der Waals surface area (Å²) in [7, 11) is 1.61. The smallest absolute Gasteiger partial charge is 0.266 e. The topological polar surface area (TPSA) is 56.6 Å². The van der Waals surface area contributed by atoms with Crippen molar-refractivity contribution < 1.29 is 9.47 Å². The van der Waals surface area contributed by atoms with Gasteiger partial charge in [0.15, 0.2) is 0 Å². The van der Waals surface area contributed by atoms with Gasteiger partial charge in [0, 0.05) is 12.6 Å². The van der Waals surface area contributed by atoms with Gasteiger partial charge in [-0.2, -0.15) is 0 Å². The van der Waals surface area contributed by atoms with Crippen molar-refractivity contribution in [3.05, 3.63) is 58.1 Å². The Balaban J connectivity index is 1.58. The number of nitrogens with zero attached hydrogens (tertiary/aromatic N) is 3. The van der Waals surface area contributed by atoms with Crippen molar-refractivity contribution in [2.24, 2.45) is 0 Å². The van der Waals surface area contributed by atoms with Crippen LogP contribution in [-0.2, 0) is 0 Å². The number of benzene rings is 2. The van der Waals surface area contributed by atoms with Gasteiger partial charge in [-0.25, -0.2) is 4.98 Å². The predicted octanol–water partition coefficient (Wildman–Crippen LogP) is 3.88. The molecule has 2 heterocycles. The van der Waals surface area contributed by atoms with E-state index in [1.165, 1.54) is 25.9 Å². The Kier molecular flexibility index (Phi) is 6.04. The zero-order valence-electron chi connectivity index (χ0n) is 18.0. The van der Waals surface area contributed by atoms with E-state index in [9.17, 15) is 4.79 Å². The van der Waals surface area contributed by atoms with Crippen LogP contribution in [0.3, 0.4) is 0 Å². The van der Waals surface area contributed by atoms with Crippen LogP contribution in [0.5, 0.6) is 11.5 Å². The van der Waals surface area contributed by atoms with E-state index in [4.69, 9.17) is 9.47 Å². The number of methoxy groups -OCH3 is 1. The van der Waals surface area contributed by atoms with Gasteiger partial charge in [-0.05, 0) is 70.5 Å². The molecule has 1 saturated heterocycles. The van der Waals surface area contributed by atoms with Crippen molar-refractivity contribution in [2.75, 3.05) is 33.4 Å². The summed E-state index contributed by atoms with van der Waals surface area (Å²) in [4.78, 5) is 20.3. The fourth-order valence-corrected chi connectivity index (χ4v) is 4.11. The number of rotatable bonds is 7. The Morgan fingerprint density at radius 3 is 2.63 bits per heavy atom. The summed E-state index contributed by atoms with van der Waals surface area (Å²) in [5.41, 5.74) is 2.30. The van der Waals surface area contributed by atoms with Crippen molar-refractivity contribution in [3.8, 4) is 17.2 Å². The molecule has 6 nitrogen and oxygen atoms in total. The molecule has 1 aliphatic rings. The molecule has 6 heteroatoms. The average Bonchev–Trinajstić information content (AvgIpc) is 3.26. The lowest BCUT2D eigenvalue weighted by molar-refractivity contribution is 0.262. The predicted molar refractivity (Wildman–Crippen MR) is 119 cm³/mol. The Bertz CT molecular complexity index is 1100. The van der Waals surface area contributed by atoms with E-state index in [1.54, 1.807) is 11.7 Å². The quantitative estimate of drug-likeness (QED) is 0.557. The number of hydrogen-bond acceptors (Lipinski definition) is 5. The summed E-state index contributed by atoms with van der Waals surface area (Å²) in [6, 6.07) is 11.3. The summed E-state index contributed by atoms with van der Waals surface area (Å²) in [6.07, 6.45) is 3.61. The molecular formula is C24H29N3O3. The van der Waals surface area contributed by atoms with Crippen molar-refractivity contribution in [2.45, 2.75) is 33.1 Å². The van der Waals surface area contributed by atoms with Crippen molar-refractivity contribution in [1.29, 1.82) is 0 Å². The molecule has 1 fully saturated rings. The number of aryl methyl sites for hydroxylation is 2. The summed E-state index contributed by atoms with van der Waals surface area (Å²) >= 11 is 0. The Labute approximate surface area is 177 Å². The molecule has 0 N–H and O–H groups in total. The molecule has 0 amide bonds. The van der Waals surface area contributed by atoms with E-state index in [2.05, 4.69) is 9.88 Å². The zero-order chi connectivity index (χ0) is 21.1. The third-order valence-corrected chi connectivity index (χ3v) is 5.67. The molecule has 1 aliphatic heterocycles. The van der Waals surface area contributed by atoms with Crippen molar-refractivity contribution in [3.63, 3.8) is 0 Å². The lowest BCUT2D eigenvalue weighted by atomic mass is 10.1. The highest BCUT2D eigenvalue weighted by molar-refractivity contribution is 5.79. The second-order valence-electron chi connectivity index (χ2n) is 7.90. The van der Waals surface area contributed by atoms with Crippen LogP contribution in [0.15, 0.2) is 41.2 Å². The standard InChI is InChI=1S/C24H29N3O3/c1-17-7-9-21-20(15-17)24(28)27(18(2)25-21)22-10-8-19(16-23(22)29-3)30-14-6-13-26-11-4-5-12-26/h7-10,15-16H,4-6,11-14H2,1-3H3. The van der Waals surface area contributed by atoms with Gasteiger partial charge < -0.3 is 14.4 Å². The van der Waals surface area contributed by atoms with Gasteiger partial charge in [-0.1, -0.05) is 11.6 Å². The maximum atomic E-state index is 13.2. The first-order valence-corrected chi connectivity index (χ1v) is 10.6. The highest BCUT2D eigenvalue weighted by atomic mass is 16.5. The van der Waals surface area contributed by atoms with E-state index in [-0.39, 0.29) is 5.56 Å². The van der Waals surface area contributed by atoms with Gasteiger partial charge >= 0.3 is 0 Å². The molecule has 158 valence electrons. The summed E-state index contributed by atoms with van der Waals surface area (Å²) in [5, 5.41) is 0.602. The van der Waals surface area contributed by atoms with Crippen molar-refractivity contribution in [1.82, 2.24) is 14.5 Å². The monoisotopic (exact) mass is 407 g/mol. The SMILES string of the molecule is COc1cc(OCCCN2CCCC2)ccc1-n1c(C)nc2ccc(C)cc2c1=O. The lowest BCUT2D eigenvalue weighted by Crippen LogP contribution is -2.23. The molecule has 0 spiro atoms. The Morgan fingerprint density at radius 1 is 1.07 bits per heavy atom. The third-order valence-electron chi connectivity index (χ3n) is 5.67. The van der Waals surface area contributed by atoms with Crippen molar-refractivity contribution >= 4 is 10.9 Å². The number of fused-ring (bicyclic) bond motifs is 1. The normalized spacial score (nSPS) is 14.4. The van der Waals surface area contributed by atoms with Gasteiger partial charge in [0.1, 0.15) is 17.3 Å². The van der Waals surface area contributed by atoms with Gasteiger partial charge in [0.05, 0.1) is 30.3 Å². The largest absolute Gasteiger partial charge is 0.494 e.